The van der Waals surface area contributed by atoms with Crippen LogP contribution >= 0.6 is 0 Å². The van der Waals surface area contributed by atoms with Crippen molar-refractivity contribution in [1.82, 2.24) is 9.80 Å². The van der Waals surface area contributed by atoms with Crippen molar-refractivity contribution in [3.8, 4) is 11.5 Å². The zero-order chi connectivity index (χ0) is 18.4. The standard InChI is InChI=1S/C18H27N3O4/c1-13(2)20-8-5-9-21(11-10-20)18(23)17(22)19-14-6-7-15(24-3)16(12-14)25-4/h6-7,12-13H,5,8-11H2,1-4H3,(H,19,22). The molecule has 7 heteroatoms. The number of nitrogens with zero attached hydrogens (tertiary/aromatic N) is 2. The molecule has 7 nitrogen and oxygen atoms in total. The number of methoxy groups -OCH3 is 2. The van der Waals surface area contributed by atoms with Gasteiger partial charge in [-0.3, -0.25) is 14.5 Å². The van der Waals surface area contributed by atoms with Gasteiger partial charge in [0, 0.05) is 44.0 Å². The number of ether oxygens (including phenoxy) is 2. The summed E-state index contributed by atoms with van der Waals surface area (Å²) in [6, 6.07) is 5.43. The first-order valence-electron chi connectivity index (χ1n) is 8.52. The zero-order valence-corrected chi connectivity index (χ0v) is 15.4. The molecule has 1 N–H and O–H groups in total. The van der Waals surface area contributed by atoms with E-state index >= 15 is 0 Å². The molecule has 1 aliphatic heterocycles. The van der Waals surface area contributed by atoms with Crippen molar-refractivity contribution >= 4 is 17.5 Å². The van der Waals surface area contributed by atoms with Gasteiger partial charge in [-0.1, -0.05) is 0 Å². The Kier molecular flexibility index (Phi) is 6.64. The topological polar surface area (TPSA) is 71.1 Å². The summed E-state index contributed by atoms with van der Waals surface area (Å²) >= 11 is 0. The minimum atomic E-state index is -0.634. The summed E-state index contributed by atoms with van der Waals surface area (Å²) in [6.07, 6.45) is 0.869. The summed E-state index contributed by atoms with van der Waals surface area (Å²) in [6.45, 7) is 7.17. The van der Waals surface area contributed by atoms with Crippen LogP contribution in [-0.2, 0) is 9.59 Å². The molecule has 0 atom stereocenters. The number of benzene rings is 1. The molecule has 25 heavy (non-hydrogen) atoms. The second kappa shape index (κ2) is 8.71. The van der Waals surface area contributed by atoms with Gasteiger partial charge in [0.1, 0.15) is 0 Å². The zero-order valence-electron chi connectivity index (χ0n) is 15.4. The third-order valence-electron chi connectivity index (χ3n) is 4.38. The minimum Gasteiger partial charge on any atom is -0.493 e. The number of carbonyl (C=O) groups excluding carboxylic acids is 2. The predicted molar refractivity (Wildman–Crippen MR) is 96.1 cm³/mol. The average Bonchev–Trinajstić information content (AvgIpc) is 2.87. The molecule has 0 aromatic heterocycles. The van der Waals surface area contributed by atoms with E-state index in [2.05, 4.69) is 24.1 Å². The molecule has 1 aromatic rings. The molecule has 1 aromatic carbocycles. The molecule has 2 rings (SSSR count). The van der Waals surface area contributed by atoms with Crippen LogP contribution in [0.1, 0.15) is 20.3 Å². The summed E-state index contributed by atoms with van der Waals surface area (Å²) in [4.78, 5) is 28.7. The highest BCUT2D eigenvalue weighted by Crippen LogP contribution is 2.29. The lowest BCUT2D eigenvalue weighted by Gasteiger charge is -2.24. The van der Waals surface area contributed by atoms with Crippen LogP contribution in [0.4, 0.5) is 5.69 Å². The van der Waals surface area contributed by atoms with Crippen LogP contribution in [0.5, 0.6) is 11.5 Å². The third-order valence-corrected chi connectivity index (χ3v) is 4.38. The van der Waals surface area contributed by atoms with Crippen molar-refractivity contribution in [3.05, 3.63) is 18.2 Å². The highest BCUT2D eigenvalue weighted by molar-refractivity contribution is 6.39. The molecule has 0 saturated carbocycles. The maximum absolute atomic E-state index is 12.4. The monoisotopic (exact) mass is 349 g/mol. The normalized spacial score (nSPS) is 15.6. The molecule has 0 aliphatic carbocycles. The van der Waals surface area contributed by atoms with Crippen molar-refractivity contribution < 1.29 is 19.1 Å². The fraction of sp³-hybridized carbons (Fsp3) is 0.556. The van der Waals surface area contributed by atoms with E-state index in [9.17, 15) is 9.59 Å². The summed E-state index contributed by atoms with van der Waals surface area (Å²) in [7, 11) is 3.06. The summed E-state index contributed by atoms with van der Waals surface area (Å²) in [5.74, 6) is -0.0752. The van der Waals surface area contributed by atoms with Gasteiger partial charge < -0.3 is 19.7 Å². The Morgan fingerprint density at radius 1 is 1.04 bits per heavy atom. The van der Waals surface area contributed by atoms with Crippen molar-refractivity contribution in [1.29, 1.82) is 0 Å². The van der Waals surface area contributed by atoms with E-state index in [1.165, 1.54) is 7.11 Å². The lowest BCUT2D eigenvalue weighted by Crippen LogP contribution is -2.42. The van der Waals surface area contributed by atoms with E-state index in [1.807, 2.05) is 0 Å². The Morgan fingerprint density at radius 2 is 1.76 bits per heavy atom. The van der Waals surface area contributed by atoms with Gasteiger partial charge in [-0.15, -0.1) is 0 Å². The summed E-state index contributed by atoms with van der Waals surface area (Å²) in [5, 5.41) is 2.64. The highest BCUT2D eigenvalue weighted by Gasteiger charge is 2.25. The van der Waals surface area contributed by atoms with Crippen LogP contribution in [0.3, 0.4) is 0 Å². The third kappa shape index (κ3) is 4.85. The summed E-state index contributed by atoms with van der Waals surface area (Å²) < 4.78 is 10.4. The van der Waals surface area contributed by atoms with E-state index in [1.54, 1.807) is 30.2 Å². The SMILES string of the molecule is COc1ccc(NC(=O)C(=O)N2CCCN(C(C)C)CC2)cc1OC. The second-order valence-corrected chi connectivity index (χ2v) is 6.30. The lowest BCUT2D eigenvalue weighted by molar-refractivity contribution is -0.143. The van der Waals surface area contributed by atoms with Crippen molar-refractivity contribution in [3.63, 3.8) is 0 Å². The molecule has 0 unspecified atom stereocenters. The Balaban J connectivity index is 1.99. The maximum Gasteiger partial charge on any atom is 0.313 e. The number of hydrogen-bond donors (Lipinski definition) is 1. The first kappa shape index (κ1) is 19.1. The van der Waals surface area contributed by atoms with Crippen LogP contribution < -0.4 is 14.8 Å². The first-order chi connectivity index (χ1) is 12.0. The largest absolute Gasteiger partial charge is 0.493 e. The fourth-order valence-corrected chi connectivity index (χ4v) is 2.90. The van der Waals surface area contributed by atoms with Gasteiger partial charge in [-0.05, 0) is 32.4 Å². The number of amides is 2. The van der Waals surface area contributed by atoms with Crippen LogP contribution in [-0.4, -0.2) is 68.1 Å². The van der Waals surface area contributed by atoms with Crippen molar-refractivity contribution in [2.75, 3.05) is 45.7 Å². The highest BCUT2D eigenvalue weighted by atomic mass is 16.5. The molecule has 0 bridgehead atoms. The van der Waals surface area contributed by atoms with E-state index in [-0.39, 0.29) is 0 Å². The number of carbonyl (C=O) groups is 2. The number of anilines is 1. The molecule has 1 aliphatic rings. The number of nitrogens with one attached hydrogen (secondary N) is 1. The fourth-order valence-electron chi connectivity index (χ4n) is 2.90. The smallest absolute Gasteiger partial charge is 0.313 e. The van der Waals surface area contributed by atoms with Crippen molar-refractivity contribution in [2.45, 2.75) is 26.3 Å². The van der Waals surface area contributed by atoms with E-state index < -0.39 is 11.8 Å². The van der Waals surface area contributed by atoms with Crippen LogP contribution in [0, 0.1) is 0 Å². The van der Waals surface area contributed by atoms with E-state index in [0.29, 0.717) is 36.3 Å². The quantitative estimate of drug-likeness (QED) is 0.836. The van der Waals surface area contributed by atoms with Crippen LogP contribution in [0.25, 0.3) is 0 Å². The Labute approximate surface area is 148 Å². The van der Waals surface area contributed by atoms with E-state index in [4.69, 9.17) is 9.47 Å². The Bertz CT molecular complexity index is 618. The Hall–Kier alpha value is -2.28. The summed E-state index contributed by atoms with van der Waals surface area (Å²) in [5.41, 5.74) is 0.495. The molecule has 0 radical (unpaired) electrons. The predicted octanol–water partition coefficient (Wildman–Crippen LogP) is 1.58. The number of rotatable bonds is 4. The maximum atomic E-state index is 12.4. The molecular formula is C18H27N3O4. The molecule has 1 heterocycles. The molecule has 2 amide bonds. The van der Waals surface area contributed by atoms with Gasteiger partial charge in [-0.25, -0.2) is 0 Å². The average molecular weight is 349 g/mol. The Morgan fingerprint density at radius 3 is 2.40 bits per heavy atom. The lowest BCUT2D eigenvalue weighted by atomic mass is 10.2. The van der Waals surface area contributed by atoms with Crippen LogP contribution in [0.2, 0.25) is 0 Å². The minimum absolute atomic E-state index is 0.440. The van der Waals surface area contributed by atoms with E-state index in [0.717, 1.165) is 19.5 Å². The molecule has 138 valence electrons. The molecule has 1 saturated heterocycles. The number of hydrogen-bond acceptors (Lipinski definition) is 5. The van der Waals surface area contributed by atoms with Gasteiger partial charge in [0.15, 0.2) is 11.5 Å². The molecule has 0 spiro atoms. The van der Waals surface area contributed by atoms with Gasteiger partial charge in [0.25, 0.3) is 0 Å². The second-order valence-electron chi connectivity index (χ2n) is 6.30. The molecular weight excluding hydrogens is 322 g/mol. The van der Waals surface area contributed by atoms with Gasteiger partial charge >= 0.3 is 11.8 Å². The van der Waals surface area contributed by atoms with Gasteiger partial charge in [0.05, 0.1) is 14.2 Å². The van der Waals surface area contributed by atoms with Gasteiger partial charge in [-0.2, -0.15) is 0 Å². The van der Waals surface area contributed by atoms with Crippen LogP contribution in [0.15, 0.2) is 18.2 Å². The van der Waals surface area contributed by atoms with Gasteiger partial charge in [0.2, 0.25) is 0 Å². The van der Waals surface area contributed by atoms with Crippen molar-refractivity contribution in [2.24, 2.45) is 0 Å². The first-order valence-corrected chi connectivity index (χ1v) is 8.52. The molecule has 1 fully saturated rings.